The predicted octanol–water partition coefficient (Wildman–Crippen LogP) is 2.77. The molecule has 1 aliphatic carbocycles. The molecule has 1 aromatic carbocycles. The Morgan fingerprint density at radius 1 is 1.20 bits per heavy atom. The molecule has 136 valence electrons. The highest BCUT2D eigenvalue weighted by atomic mass is 19.3. The van der Waals surface area contributed by atoms with Gasteiger partial charge in [-0.2, -0.15) is 0 Å². The fraction of sp³-hybridized carbons (Fsp3) is 0.579. The van der Waals surface area contributed by atoms with E-state index in [1.165, 1.54) is 6.92 Å². The Bertz CT molecular complexity index is 642. The van der Waals surface area contributed by atoms with Crippen molar-refractivity contribution in [3.8, 4) is 0 Å². The number of carbonyl (C=O) groups excluding carboxylic acids is 2. The maximum atomic E-state index is 13.3. The van der Waals surface area contributed by atoms with Crippen molar-refractivity contribution in [2.24, 2.45) is 5.41 Å². The minimum Gasteiger partial charge on any atom is -0.353 e. The van der Waals surface area contributed by atoms with Crippen molar-refractivity contribution in [3.63, 3.8) is 0 Å². The van der Waals surface area contributed by atoms with Gasteiger partial charge in [0.25, 0.3) is 5.92 Å². The normalized spacial score (nSPS) is 25.5. The van der Waals surface area contributed by atoms with Crippen molar-refractivity contribution in [2.45, 2.75) is 51.0 Å². The van der Waals surface area contributed by atoms with Gasteiger partial charge in [-0.05, 0) is 31.7 Å². The summed E-state index contributed by atoms with van der Waals surface area (Å²) in [4.78, 5) is 26.1. The van der Waals surface area contributed by atoms with E-state index in [9.17, 15) is 18.4 Å². The van der Waals surface area contributed by atoms with Crippen molar-refractivity contribution in [1.82, 2.24) is 10.2 Å². The number of hydrogen-bond acceptors (Lipinski definition) is 2. The summed E-state index contributed by atoms with van der Waals surface area (Å²) in [6, 6.07) is 9.74. The molecule has 1 heterocycles. The lowest BCUT2D eigenvalue weighted by Gasteiger charge is -2.33. The highest BCUT2D eigenvalue weighted by Crippen LogP contribution is 2.60. The van der Waals surface area contributed by atoms with Crippen LogP contribution < -0.4 is 5.32 Å². The predicted molar refractivity (Wildman–Crippen MR) is 90.2 cm³/mol. The molecule has 1 atom stereocenters. The van der Waals surface area contributed by atoms with Crippen LogP contribution >= 0.6 is 0 Å². The van der Waals surface area contributed by atoms with Gasteiger partial charge in [-0.3, -0.25) is 9.59 Å². The Hall–Kier alpha value is -1.98. The number of rotatable bonds is 5. The molecule has 1 N–H and O–H groups in total. The quantitative estimate of drug-likeness (QED) is 0.888. The lowest BCUT2D eigenvalue weighted by atomic mass is 10.0. The molecule has 6 heteroatoms. The van der Waals surface area contributed by atoms with Gasteiger partial charge in [0.15, 0.2) is 0 Å². The topological polar surface area (TPSA) is 49.4 Å². The van der Waals surface area contributed by atoms with Crippen molar-refractivity contribution >= 4 is 11.8 Å². The first-order valence-electron chi connectivity index (χ1n) is 8.82. The first kappa shape index (κ1) is 17.8. The molecule has 0 bridgehead atoms. The average molecular weight is 350 g/mol. The van der Waals surface area contributed by atoms with Crippen molar-refractivity contribution in [1.29, 1.82) is 0 Å². The molecule has 1 saturated carbocycles. The number of nitrogens with zero attached hydrogens (tertiary/aromatic N) is 1. The number of alkyl halides is 2. The van der Waals surface area contributed by atoms with Gasteiger partial charge in [0.05, 0.1) is 0 Å². The van der Waals surface area contributed by atoms with E-state index in [0.29, 0.717) is 38.8 Å². The smallest absolute Gasteiger partial charge is 0.263 e. The van der Waals surface area contributed by atoms with E-state index in [2.05, 4.69) is 5.32 Å². The summed E-state index contributed by atoms with van der Waals surface area (Å²) in [7, 11) is 0. The minimum atomic E-state index is -2.88. The first-order valence-corrected chi connectivity index (χ1v) is 8.82. The second-order valence-corrected chi connectivity index (χ2v) is 7.33. The second kappa shape index (κ2) is 6.73. The zero-order valence-corrected chi connectivity index (χ0v) is 14.4. The van der Waals surface area contributed by atoms with E-state index >= 15 is 0 Å². The number of piperidine rings is 1. The molecule has 25 heavy (non-hydrogen) atoms. The number of halogens is 2. The van der Waals surface area contributed by atoms with E-state index < -0.39 is 17.2 Å². The fourth-order valence-electron chi connectivity index (χ4n) is 3.32. The summed E-state index contributed by atoms with van der Waals surface area (Å²) < 4.78 is 26.5. The Labute approximate surface area is 146 Å². The first-order chi connectivity index (χ1) is 11.8. The second-order valence-electron chi connectivity index (χ2n) is 7.33. The Morgan fingerprint density at radius 2 is 1.80 bits per heavy atom. The van der Waals surface area contributed by atoms with Crippen LogP contribution in [0.4, 0.5) is 8.78 Å². The van der Waals surface area contributed by atoms with Crippen molar-refractivity contribution in [2.75, 3.05) is 13.1 Å². The van der Waals surface area contributed by atoms with E-state index in [1.807, 2.05) is 30.3 Å². The van der Waals surface area contributed by atoms with Crippen LogP contribution in [0.15, 0.2) is 30.3 Å². The molecule has 0 spiro atoms. The summed E-state index contributed by atoms with van der Waals surface area (Å²) >= 11 is 0. The minimum absolute atomic E-state index is 0.106. The van der Waals surface area contributed by atoms with Crippen LogP contribution in [0.25, 0.3) is 0 Å². The molecule has 3 rings (SSSR count). The van der Waals surface area contributed by atoms with Crippen LogP contribution in [0.2, 0.25) is 0 Å². The maximum Gasteiger partial charge on any atom is 0.263 e. The van der Waals surface area contributed by atoms with E-state index in [1.54, 1.807) is 4.90 Å². The lowest BCUT2D eigenvalue weighted by Crippen LogP contribution is -2.48. The molecule has 1 aromatic rings. The summed E-state index contributed by atoms with van der Waals surface area (Å²) in [5, 5.41) is 2.74. The Balaban J connectivity index is 1.41. The number of carbonyl (C=O) groups is 2. The van der Waals surface area contributed by atoms with Gasteiger partial charge >= 0.3 is 0 Å². The molecule has 0 radical (unpaired) electrons. The van der Waals surface area contributed by atoms with Crippen molar-refractivity contribution < 1.29 is 18.4 Å². The highest BCUT2D eigenvalue weighted by Gasteiger charge is 2.72. The zero-order chi connectivity index (χ0) is 18.1. The molecular weight excluding hydrogens is 326 g/mol. The number of benzene rings is 1. The SMILES string of the molecule is CC1(C(=O)NC2CCN(C(=O)CCc3ccccc3)CC2)CC1(F)F. The third kappa shape index (κ3) is 3.83. The molecule has 2 aliphatic rings. The number of aryl methyl sites for hydroxylation is 1. The third-order valence-corrected chi connectivity index (χ3v) is 5.41. The van der Waals surface area contributed by atoms with E-state index in [-0.39, 0.29) is 18.4 Å². The lowest BCUT2D eigenvalue weighted by molar-refractivity contribution is -0.133. The maximum absolute atomic E-state index is 13.3. The molecule has 0 aromatic heterocycles. The van der Waals surface area contributed by atoms with Crippen LogP contribution in [-0.4, -0.2) is 41.8 Å². The summed E-state index contributed by atoms with van der Waals surface area (Å²) in [5.74, 6) is -3.34. The molecule has 1 aliphatic heterocycles. The van der Waals surface area contributed by atoms with Crippen molar-refractivity contribution in [3.05, 3.63) is 35.9 Å². The van der Waals surface area contributed by atoms with E-state index in [4.69, 9.17) is 0 Å². The summed E-state index contributed by atoms with van der Waals surface area (Å²) in [6.07, 6.45) is 2.03. The fourth-order valence-corrected chi connectivity index (χ4v) is 3.32. The third-order valence-electron chi connectivity index (χ3n) is 5.41. The molecule has 1 unspecified atom stereocenters. The van der Waals surface area contributed by atoms with Crippen LogP contribution in [0.5, 0.6) is 0 Å². The standard InChI is InChI=1S/C19H24F2N2O2/c1-18(13-19(18,20)21)17(25)22-15-9-11-23(12-10-15)16(24)8-7-14-5-3-2-4-6-14/h2-6,15H,7-13H2,1H3,(H,22,25). The number of amides is 2. The molecule has 2 amide bonds. The zero-order valence-electron chi connectivity index (χ0n) is 14.4. The monoisotopic (exact) mass is 350 g/mol. The summed E-state index contributed by atoms with van der Waals surface area (Å²) in [6.45, 7) is 2.43. The number of likely N-dealkylation sites (tertiary alicyclic amines) is 1. The van der Waals surface area contributed by atoms with Gasteiger partial charge in [0.1, 0.15) is 5.41 Å². The van der Waals surface area contributed by atoms with Crippen LogP contribution in [0.1, 0.15) is 38.2 Å². The van der Waals surface area contributed by atoms with Gasteiger partial charge in [-0.15, -0.1) is 0 Å². The Morgan fingerprint density at radius 3 is 2.36 bits per heavy atom. The van der Waals surface area contributed by atoms with Gasteiger partial charge in [-0.1, -0.05) is 30.3 Å². The summed E-state index contributed by atoms with van der Waals surface area (Å²) in [5.41, 5.74) is -0.410. The molecule has 1 saturated heterocycles. The number of hydrogen-bond donors (Lipinski definition) is 1. The molecule has 4 nitrogen and oxygen atoms in total. The van der Waals surface area contributed by atoms with E-state index in [0.717, 1.165) is 5.56 Å². The molecule has 2 fully saturated rings. The van der Waals surface area contributed by atoms with Gasteiger partial charge in [0.2, 0.25) is 11.8 Å². The Kier molecular flexibility index (Phi) is 4.80. The van der Waals surface area contributed by atoms with Crippen LogP contribution in [0, 0.1) is 5.41 Å². The van der Waals surface area contributed by atoms with Crippen LogP contribution in [-0.2, 0) is 16.0 Å². The van der Waals surface area contributed by atoms with Gasteiger partial charge in [-0.25, -0.2) is 8.78 Å². The largest absolute Gasteiger partial charge is 0.353 e. The average Bonchev–Trinajstić information content (AvgIpc) is 3.14. The molecular formula is C19H24F2N2O2. The van der Waals surface area contributed by atoms with Crippen LogP contribution in [0.3, 0.4) is 0 Å². The van der Waals surface area contributed by atoms with Gasteiger partial charge < -0.3 is 10.2 Å². The highest BCUT2D eigenvalue weighted by molar-refractivity contribution is 5.87. The number of nitrogens with one attached hydrogen (secondary N) is 1. The van der Waals surface area contributed by atoms with Gasteiger partial charge in [0, 0.05) is 32.0 Å².